The average molecular weight is 438 g/mol. The number of nitrogens with one attached hydrogen (secondary N) is 4. The molecule has 0 saturated carbocycles. The minimum atomic E-state index is -0.00944. The Labute approximate surface area is 190 Å². The van der Waals surface area contributed by atoms with Crippen LogP contribution < -0.4 is 26.0 Å². The van der Waals surface area contributed by atoms with Crippen LogP contribution in [0.3, 0.4) is 0 Å². The molecule has 0 aromatic heterocycles. The number of hydrogen-bond acceptors (Lipinski definition) is 6. The Hall–Kier alpha value is -2.61. The van der Waals surface area contributed by atoms with E-state index in [1.165, 1.54) is 24.8 Å². The number of carbonyl (C=O) groups excluding carboxylic acids is 1. The van der Waals surface area contributed by atoms with E-state index in [4.69, 9.17) is 4.74 Å². The topological polar surface area (TPSA) is 77.7 Å². The van der Waals surface area contributed by atoms with Gasteiger partial charge in [0.1, 0.15) is 12.0 Å². The average Bonchev–Trinajstić information content (AvgIpc) is 2.86. The van der Waals surface area contributed by atoms with Crippen LogP contribution in [-0.4, -0.2) is 63.5 Å². The molecule has 0 unspecified atom stereocenters. The first-order valence-electron chi connectivity index (χ1n) is 11.7. The van der Waals surface area contributed by atoms with Gasteiger partial charge in [0.25, 0.3) is 5.91 Å². The Morgan fingerprint density at radius 3 is 2.34 bits per heavy atom. The normalized spacial score (nSPS) is 21.7. The summed E-state index contributed by atoms with van der Waals surface area (Å²) in [5, 5.41) is 13.5. The van der Waals surface area contributed by atoms with Gasteiger partial charge in [-0.3, -0.25) is 15.4 Å². The van der Waals surface area contributed by atoms with E-state index in [-0.39, 0.29) is 12.2 Å². The Kier molecular flexibility index (Phi) is 7.98. The molecule has 4 rings (SSSR count). The van der Waals surface area contributed by atoms with Gasteiger partial charge in [-0.15, -0.1) is 0 Å². The molecule has 2 heterocycles. The number of methoxy groups -OCH3 is 1. The van der Waals surface area contributed by atoms with Gasteiger partial charge in [-0.25, -0.2) is 0 Å². The molecule has 0 aliphatic carbocycles. The quantitative estimate of drug-likeness (QED) is 0.509. The van der Waals surface area contributed by atoms with E-state index < -0.39 is 0 Å². The van der Waals surface area contributed by atoms with Crippen LogP contribution in [0.5, 0.6) is 5.75 Å². The fourth-order valence-corrected chi connectivity index (χ4v) is 4.38. The van der Waals surface area contributed by atoms with Crippen molar-refractivity contribution in [1.82, 2.24) is 20.9 Å². The highest BCUT2D eigenvalue weighted by Crippen LogP contribution is 2.20. The summed E-state index contributed by atoms with van der Waals surface area (Å²) in [6.45, 7) is 5.70. The number of anilines is 1. The highest BCUT2D eigenvalue weighted by Gasteiger charge is 2.21. The van der Waals surface area contributed by atoms with Gasteiger partial charge in [0.2, 0.25) is 0 Å². The molecule has 2 fully saturated rings. The maximum atomic E-state index is 12.4. The molecule has 0 atom stereocenters. The predicted octanol–water partition coefficient (Wildman–Crippen LogP) is 2.58. The summed E-state index contributed by atoms with van der Waals surface area (Å²) in [5.41, 5.74) is 2.96. The predicted molar refractivity (Wildman–Crippen MR) is 128 cm³/mol. The minimum absolute atomic E-state index is 0.00582. The van der Waals surface area contributed by atoms with Crippen molar-refractivity contribution in [3.8, 4) is 5.75 Å². The summed E-state index contributed by atoms with van der Waals surface area (Å²) >= 11 is 0. The lowest BCUT2D eigenvalue weighted by Gasteiger charge is -2.32. The monoisotopic (exact) mass is 437 g/mol. The van der Waals surface area contributed by atoms with Gasteiger partial charge < -0.3 is 20.3 Å². The number of rotatable bonds is 8. The number of benzene rings is 2. The molecular formula is C25H35N5O2. The molecule has 2 aromatic carbocycles. The van der Waals surface area contributed by atoms with Gasteiger partial charge in [0.05, 0.1) is 7.11 Å². The third-order valence-corrected chi connectivity index (χ3v) is 6.34. The first kappa shape index (κ1) is 22.6. The van der Waals surface area contributed by atoms with Gasteiger partial charge in [-0.05, 0) is 67.9 Å². The van der Waals surface area contributed by atoms with Crippen molar-refractivity contribution in [2.75, 3.05) is 51.7 Å². The molecule has 7 heteroatoms. The molecule has 2 saturated heterocycles. The molecule has 0 radical (unpaired) electrons. The van der Waals surface area contributed by atoms with Crippen molar-refractivity contribution in [1.29, 1.82) is 0 Å². The summed E-state index contributed by atoms with van der Waals surface area (Å²) in [4.78, 5) is 14.8. The fraction of sp³-hybridized carbons (Fsp3) is 0.480. The molecule has 0 bridgehead atoms. The zero-order valence-electron chi connectivity index (χ0n) is 18.9. The van der Waals surface area contributed by atoms with E-state index in [2.05, 4.69) is 38.3 Å². The lowest BCUT2D eigenvalue weighted by atomic mass is 9.97. The zero-order chi connectivity index (χ0) is 22.2. The number of likely N-dealkylation sites (tertiary alicyclic amines) is 1. The standard InChI is InChI=1S/C25H35N5O2/c1-32-23-11-7-19(8-12-23)21-17-27-25(28-18-21)29-22-9-5-20(6-10-22)24(31)26-13-16-30-14-3-2-4-15-30/h5-12,21,25,27-29H,2-4,13-18H2,1H3,(H,26,31). The van der Waals surface area contributed by atoms with Crippen molar-refractivity contribution in [3.63, 3.8) is 0 Å². The van der Waals surface area contributed by atoms with Crippen LogP contribution >= 0.6 is 0 Å². The summed E-state index contributed by atoms with van der Waals surface area (Å²) in [6, 6.07) is 15.9. The van der Waals surface area contributed by atoms with Crippen LogP contribution in [0.4, 0.5) is 5.69 Å². The van der Waals surface area contributed by atoms with Crippen LogP contribution in [-0.2, 0) is 0 Å². The molecule has 4 N–H and O–H groups in total. The molecule has 2 aromatic rings. The molecule has 32 heavy (non-hydrogen) atoms. The maximum Gasteiger partial charge on any atom is 0.251 e. The van der Waals surface area contributed by atoms with Gasteiger partial charge in [-0.1, -0.05) is 18.6 Å². The van der Waals surface area contributed by atoms with E-state index in [0.717, 1.165) is 44.2 Å². The summed E-state index contributed by atoms with van der Waals surface area (Å²) in [5.74, 6) is 1.28. The van der Waals surface area contributed by atoms with Crippen LogP contribution in [0, 0.1) is 0 Å². The summed E-state index contributed by atoms with van der Waals surface area (Å²) in [6.07, 6.45) is 3.87. The third-order valence-electron chi connectivity index (χ3n) is 6.34. The number of hydrogen-bond donors (Lipinski definition) is 4. The van der Waals surface area contributed by atoms with Crippen LogP contribution in [0.1, 0.15) is 41.1 Å². The molecular weight excluding hydrogens is 402 g/mol. The minimum Gasteiger partial charge on any atom is -0.497 e. The fourth-order valence-electron chi connectivity index (χ4n) is 4.38. The van der Waals surface area contributed by atoms with Crippen molar-refractivity contribution < 1.29 is 9.53 Å². The van der Waals surface area contributed by atoms with Crippen LogP contribution in [0.25, 0.3) is 0 Å². The van der Waals surface area contributed by atoms with Gasteiger partial charge in [0, 0.05) is 43.3 Å². The lowest BCUT2D eigenvalue weighted by Crippen LogP contribution is -2.55. The van der Waals surface area contributed by atoms with Gasteiger partial charge >= 0.3 is 0 Å². The number of ether oxygens (including phenoxy) is 1. The second kappa shape index (κ2) is 11.3. The van der Waals surface area contributed by atoms with E-state index in [0.29, 0.717) is 18.0 Å². The number of carbonyl (C=O) groups is 1. The van der Waals surface area contributed by atoms with E-state index >= 15 is 0 Å². The van der Waals surface area contributed by atoms with E-state index in [9.17, 15) is 4.79 Å². The van der Waals surface area contributed by atoms with Crippen molar-refractivity contribution >= 4 is 11.6 Å². The first-order valence-corrected chi connectivity index (χ1v) is 11.7. The number of piperidine rings is 1. The first-order chi connectivity index (χ1) is 15.7. The molecule has 1 amide bonds. The van der Waals surface area contributed by atoms with Crippen LogP contribution in [0.15, 0.2) is 48.5 Å². The Morgan fingerprint density at radius 2 is 1.69 bits per heavy atom. The SMILES string of the molecule is COc1ccc(C2CNC(Nc3ccc(C(=O)NCCN4CCCCC4)cc3)NC2)cc1. The van der Waals surface area contributed by atoms with Gasteiger partial charge in [0.15, 0.2) is 0 Å². The lowest BCUT2D eigenvalue weighted by molar-refractivity contribution is 0.0946. The Balaban J connectivity index is 1.19. The molecule has 7 nitrogen and oxygen atoms in total. The van der Waals surface area contributed by atoms with Crippen molar-refractivity contribution in [2.45, 2.75) is 31.5 Å². The molecule has 0 spiro atoms. The smallest absolute Gasteiger partial charge is 0.251 e. The highest BCUT2D eigenvalue weighted by molar-refractivity contribution is 5.94. The molecule has 2 aliphatic heterocycles. The molecule has 2 aliphatic rings. The van der Waals surface area contributed by atoms with Crippen molar-refractivity contribution in [3.05, 3.63) is 59.7 Å². The van der Waals surface area contributed by atoms with E-state index in [1.807, 2.05) is 36.4 Å². The van der Waals surface area contributed by atoms with Gasteiger partial charge in [-0.2, -0.15) is 0 Å². The largest absolute Gasteiger partial charge is 0.497 e. The van der Waals surface area contributed by atoms with Crippen LogP contribution in [0.2, 0.25) is 0 Å². The maximum absolute atomic E-state index is 12.4. The number of amides is 1. The Bertz CT molecular complexity index is 842. The second-order valence-electron chi connectivity index (χ2n) is 8.60. The summed E-state index contributed by atoms with van der Waals surface area (Å²) < 4.78 is 5.24. The van der Waals surface area contributed by atoms with Crippen molar-refractivity contribution in [2.24, 2.45) is 0 Å². The summed E-state index contributed by atoms with van der Waals surface area (Å²) in [7, 11) is 1.68. The highest BCUT2D eigenvalue weighted by atomic mass is 16.5. The van der Waals surface area contributed by atoms with E-state index in [1.54, 1.807) is 7.11 Å². The Morgan fingerprint density at radius 1 is 1.00 bits per heavy atom. The third kappa shape index (κ3) is 6.22. The second-order valence-corrected chi connectivity index (χ2v) is 8.60. The number of nitrogens with zero attached hydrogens (tertiary/aromatic N) is 1. The zero-order valence-corrected chi connectivity index (χ0v) is 18.9. The molecule has 172 valence electrons.